The van der Waals surface area contributed by atoms with Crippen LogP contribution in [0.4, 0.5) is 10.1 Å². The highest BCUT2D eigenvalue weighted by Gasteiger charge is 2.10. The third-order valence-electron chi connectivity index (χ3n) is 2.98. The van der Waals surface area contributed by atoms with Gasteiger partial charge in [0, 0.05) is 22.7 Å². The Kier molecular flexibility index (Phi) is 2.45. The maximum atomic E-state index is 13.5. The summed E-state index contributed by atoms with van der Waals surface area (Å²) in [4.78, 5) is 4.35. The maximum Gasteiger partial charge on any atom is 0.146 e. The number of fused-ring (bicyclic) bond motifs is 1. The minimum atomic E-state index is -0.402. The number of halogens is 1. The first kappa shape index (κ1) is 10.7. The Balaban J connectivity index is 2.35. The van der Waals surface area contributed by atoms with Gasteiger partial charge in [-0.1, -0.05) is 36.4 Å². The molecule has 0 aliphatic heterocycles. The van der Waals surface area contributed by atoms with Gasteiger partial charge >= 0.3 is 0 Å². The molecule has 2 aromatic carbocycles. The van der Waals surface area contributed by atoms with E-state index in [-0.39, 0.29) is 5.69 Å². The molecule has 0 bridgehead atoms. The highest BCUT2D eigenvalue weighted by molar-refractivity contribution is 5.96. The van der Waals surface area contributed by atoms with Crippen LogP contribution in [0.25, 0.3) is 22.0 Å². The molecule has 2 N–H and O–H groups in total. The highest BCUT2D eigenvalue weighted by Crippen LogP contribution is 2.32. The van der Waals surface area contributed by atoms with Gasteiger partial charge in [-0.25, -0.2) is 4.39 Å². The number of hydrogen-bond donors (Lipinski definition) is 1. The molecule has 1 heterocycles. The Labute approximate surface area is 104 Å². The van der Waals surface area contributed by atoms with E-state index < -0.39 is 5.82 Å². The van der Waals surface area contributed by atoms with Crippen LogP contribution in [0.1, 0.15) is 0 Å². The van der Waals surface area contributed by atoms with E-state index in [1.165, 1.54) is 6.07 Å². The second kappa shape index (κ2) is 4.11. The van der Waals surface area contributed by atoms with Crippen molar-refractivity contribution in [2.75, 3.05) is 5.73 Å². The molecule has 0 saturated heterocycles. The fourth-order valence-electron chi connectivity index (χ4n) is 2.09. The monoisotopic (exact) mass is 238 g/mol. The molecule has 1 aromatic heterocycles. The number of nitrogens with zero attached hydrogens (tertiary/aromatic N) is 1. The second-order valence-corrected chi connectivity index (χ2v) is 4.08. The number of rotatable bonds is 1. The molecule has 3 aromatic rings. The number of benzene rings is 2. The van der Waals surface area contributed by atoms with Crippen LogP contribution in [0.3, 0.4) is 0 Å². The summed E-state index contributed by atoms with van der Waals surface area (Å²) < 4.78 is 13.5. The van der Waals surface area contributed by atoms with Crippen molar-refractivity contribution in [1.82, 2.24) is 4.98 Å². The van der Waals surface area contributed by atoms with Crippen LogP contribution in [0.2, 0.25) is 0 Å². The number of pyridine rings is 1. The quantitative estimate of drug-likeness (QED) is 0.657. The highest BCUT2D eigenvalue weighted by atomic mass is 19.1. The molecule has 0 radical (unpaired) electrons. The number of aromatic nitrogens is 1. The van der Waals surface area contributed by atoms with Gasteiger partial charge in [-0.3, -0.25) is 4.98 Å². The lowest BCUT2D eigenvalue weighted by Gasteiger charge is -2.09. The lowest BCUT2D eigenvalue weighted by atomic mass is 10.0. The predicted octanol–water partition coefficient (Wildman–Crippen LogP) is 3.62. The Morgan fingerprint density at radius 3 is 2.50 bits per heavy atom. The van der Waals surface area contributed by atoms with Crippen LogP contribution in [-0.2, 0) is 0 Å². The summed E-state index contributed by atoms with van der Waals surface area (Å²) in [7, 11) is 0. The zero-order chi connectivity index (χ0) is 12.5. The van der Waals surface area contributed by atoms with Gasteiger partial charge in [0.05, 0.1) is 11.2 Å². The maximum absolute atomic E-state index is 13.5. The summed E-state index contributed by atoms with van der Waals surface area (Å²) in [6, 6.07) is 14.5. The summed E-state index contributed by atoms with van der Waals surface area (Å²) in [6.07, 6.45) is 1.72. The first-order chi connectivity index (χ1) is 8.77. The van der Waals surface area contributed by atoms with Crippen molar-refractivity contribution in [2.45, 2.75) is 0 Å². The van der Waals surface area contributed by atoms with E-state index in [9.17, 15) is 4.39 Å². The molecule has 0 aliphatic rings. The minimum absolute atomic E-state index is 0.163. The van der Waals surface area contributed by atoms with E-state index in [4.69, 9.17) is 5.73 Å². The standard InChI is InChI=1S/C15H11FN2/c16-13-8-2-6-11(14(13)17)12-7-1-4-10-5-3-9-18-15(10)12/h1-9H,17H2. The number of para-hydroxylation sites is 2. The summed E-state index contributed by atoms with van der Waals surface area (Å²) in [6.45, 7) is 0. The fourth-order valence-corrected chi connectivity index (χ4v) is 2.09. The van der Waals surface area contributed by atoms with E-state index in [0.29, 0.717) is 5.56 Å². The van der Waals surface area contributed by atoms with Crippen molar-refractivity contribution in [3.8, 4) is 11.1 Å². The Hall–Kier alpha value is -2.42. The van der Waals surface area contributed by atoms with Crippen molar-refractivity contribution < 1.29 is 4.39 Å². The molecule has 0 fully saturated rings. The zero-order valence-corrected chi connectivity index (χ0v) is 9.60. The number of hydrogen-bond acceptors (Lipinski definition) is 2. The molecule has 0 aliphatic carbocycles. The third kappa shape index (κ3) is 1.61. The van der Waals surface area contributed by atoms with Gasteiger partial charge in [-0.05, 0) is 12.1 Å². The summed E-state index contributed by atoms with van der Waals surface area (Å²) in [5.41, 5.74) is 8.33. The van der Waals surface area contributed by atoms with Crippen molar-refractivity contribution in [3.05, 3.63) is 60.5 Å². The topological polar surface area (TPSA) is 38.9 Å². The van der Waals surface area contributed by atoms with E-state index in [1.807, 2.05) is 36.4 Å². The lowest BCUT2D eigenvalue weighted by Crippen LogP contribution is -1.95. The average molecular weight is 238 g/mol. The van der Waals surface area contributed by atoms with Crippen LogP contribution < -0.4 is 5.73 Å². The number of nitrogens with two attached hydrogens (primary N) is 1. The van der Waals surface area contributed by atoms with Gasteiger partial charge in [-0.15, -0.1) is 0 Å². The van der Waals surface area contributed by atoms with Gasteiger partial charge < -0.3 is 5.73 Å². The first-order valence-corrected chi connectivity index (χ1v) is 5.65. The van der Waals surface area contributed by atoms with Crippen LogP contribution in [-0.4, -0.2) is 4.98 Å². The molecule has 0 amide bonds. The van der Waals surface area contributed by atoms with Crippen molar-refractivity contribution >= 4 is 16.6 Å². The van der Waals surface area contributed by atoms with Crippen LogP contribution in [0.15, 0.2) is 54.7 Å². The van der Waals surface area contributed by atoms with Crippen molar-refractivity contribution in [2.24, 2.45) is 0 Å². The van der Waals surface area contributed by atoms with Crippen LogP contribution >= 0.6 is 0 Å². The van der Waals surface area contributed by atoms with Crippen molar-refractivity contribution in [3.63, 3.8) is 0 Å². The van der Waals surface area contributed by atoms with E-state index in [1.54, 1.807) is 12.3 Å². The molecular formula is C15H11FN2. The molecule has 3 rings (SSSR count). The number of anilines is 1. The third-order valence-corrected chi connectivity index (χ3v) is 2.98. The van der Waals surface area contributed by atoms with Gasteiger partial charge in [-0.2, -0.15) is 0 Å². The normalized spacial score (nSPS) is 10.7. The predicted molar refractivity (Wildman–Crippen MR) is 71.5 cm³/mol. The Morgan fingerprint density at radius 2 is 1.61 bits per heavy atom. The first-order valence-electron chi connectivity index (χ1n) is 5.65. The lowest BCUT2D eigenvalue weighted by molar-refractivity contribution is 0.633. The molecule has 0 unspecified atom stereocenters. The molecule has 3 heteroatoms. The van der Waals surface area contributed by atoms with Gasteiger partial charge in [0.2, 0.25) is 0 Å². The second-order valence-electron chi connectivity index (χ2n) is 4.08. The Morgan fingerprint density at radius 1 is 0.889 bits per heavy atom. The van der Waals surface area contributed by atoms with E-state index in [0.717, 1.165) is 16.5 Å². The largest absolute Gasteiger partial charge is 0.396 e. The Bertz CT molecular complexity index is 717. The van der Waals surface area contributed by atoms with Crippen LogP contribution in [0, 0.1) is 5.82 Å². The number of nitrogen functional groups attached to an aromatic ring is 1. The molecule has 0 atom stereocenters. The SMILES string of the molecule is Nc1c(F)cccc1-c1cccc2cccnc12. The van der Waals surface area contributed by atoms with Crippen LogP contribution in [0.5, 0.6) is 0 Å². The molecule has 0 saturated carbocycles. The smallest absolute Gasteiger partial charge is 0.146 e. The van der Waals surface area contributed by atoms with Gasteiger partial charge in [0.1, 0.15) is 5.82 Å². The van der Waals surface area contributed by atoms with E-state index in [2.05, 4.69) is 4.98 Å². The molecule has 2 nitrogen and oxygen atoms in total. The molecule has 88 valence electrons. The molecule has 0 spiro atoms. The fraction of sp³-hybridized carbons (Fsp3) is 0. The van der Waals surface area contributed by atoms with Gasteiger partial charge in [0.25, 0.3) is 0 Å². The molecule has 18 heavy (non-hydrogen) atoms. The minimum Gasteiger partial charge on any atom is -0.396 e. The zero-order valence-electron chi connectivity index (χ0n) is 9.60. The van der Waals surface area contributed by atoms with E-state index >= 15 is 0 Å². The average Bonchev–Trinajstić information content (AvgIpc) is 2.41. The van der Waals surface area contributed by atoms with Gasteiger partial charge in [0.15, 0.2) is 0 Å². The summed E-state index contributed by atoms with van der Waals surface area (Å²) in [5.74, 6) is -0.402. The molecular weight excluding hydrogens is 227 g/mol. The van der Waals surface area contributed by atoms with Crippen molar-refractivity contribution in [1.29, 1.82) is 0 Å². The summed E-state index contributed by atoms with van der Waals surface area (Å²) >= 11 is 0. The summed E-state index contributed by atoms with van der Waals surface area (Å²) in [5, 5.41) is 1.01.